The number of aromatic amines is 1. The van der Waals surface area contributed by atoms with Crippen molar-refractivity contribution in [1.82, 2.24) is 9.88 Å². The number of amides is 1. The maximum atomic E-state index is 12.9. The van der Waals surface area contributed by atoms with E-state index in [0.29, 0.717) is 13.0 Å². The molecule has 0 aliphatic rings. The largest absolute Gasteiger partial charge is 0.361 e. The van der Waals surface area contributed by atoms with E-state index in [1.54, 1.807) is 0 Å². The SMILES string of the molecule is CCC(C)N(Cc1ccccc1)C(=O)CCCc1c[nH]c2ccccc12. The van der Waals surface area contributed by atoms with Gasteiger partial charge in [-0.15, -0.1) is 0 Å². The number of hydrogen-bond acceptors (Lipinski definition) is 1. The van der Waals surface area contributed by atoms with Gasteiger partial charge in [0.25, 0.3) is 0 Å². The standard InChI is InChI=1S/C23H28N2O/c1-3-18(2)25(17-19-10-5-4-6-11-19)23(26)15-9-12-20-16-24-22-14-8-7-13-21(20)22/h4-8,10-11,13-14,16,18,24H,3,9,12,15,17H2,1-2H3. The number of nitrogens with one attached hydrogen (secondary N) is 1. The van der Waals surface area contributed by atoms with Gasteiger partial charge in [0, 0.05) is 36.1 Å². The molecule has 0 saturated carbocycles. The van der Waals surface area contributed by atoms with Gasteiger partial charge in [0.2, 0.25) is 5.91 Å². The molecule has 0 aliphatic carbocycles. The van der Waals surface area contributed by atoms with Crippen molar-refractivity contribution < 1.29 is 4.79 Å². The average molecular weight is 348 g/mol. The molecule has 0 aliphatic heterocycles. The Morgan fingerprint density at radius 3 is 2.58 bits per heavy atom. The highest BCUT2D eigenvalue weighted by Gasteiger charge is 2.19. The molecule has 0 spiro atoms. The number of rotatable bonds is 8. The summed E-state index contributed by atoms with van der Waals surface area (Å²) in [4.78, 5) is 18.2. The van der Waals surface area contributed by atoms with E-state index in [1.165, 1.54) is 22.0 Å². The molecule has 1 heterocycles. The van der Waals surface area contributed by atoms with Crippen LogP contribution in [-0.2, 0) is 17.8 Å². The fourth-order valence-electron chi connectivity index (χ4n) is 3.40. The lowest BCUT2D eigenvalue weighted by molar-refractivity contribution is -0.134. The van der Waals surface area contributed by atoms with Gasteiger partial charge >= 0.3 is 0 Å². The third-order valence-corrected chi connectivity index (χ3v) is 5.15. The van der Waals surface area contributed by atoms with Crippen molar-refractivity contribution in [2.75, 3.05) is 0 Å². The van der Waals surface area contributed by atoms with Gasteiger partial charge in [-0.2, -0.15) is 0 Å². The molecule has 26 heavy (non-hydrogen) atoms. The molecule has 1 aromatic heterocycles. The third-order valence-electron chi connectivity index (χ3n) is 5.15. The molecule has 0 bridgehead atoms. The highest BCUT2D eigenvalue weighted by Crippen LogP contribution is 2.20. The van der Waals surface area contributed by atoms with Crippen LogP contribution in [0.25, 0.3) is 10.9 Å². The smallest absolute Gasteiger partial charge is 0.223 e. The molecule has 1 N–H and O–H groups in total. The van der Waals surface area contributed by atoms with Gasteiger partial charge in [-0.25, -0.2) is 0 Å². The van der Waals surface area contributed by atoms with Crippen molar-refractivity contribution in [3.8, 4) is 0 Å². The van der Waals surface area contributed by atoms with Crippen molar-refractivity contribution in [2.24, 2.45) is 0 Å². The van der Waals surface area contributed by atoms with Crippen LogP contribution >= 0.6 is 0 Å². The van der Waals surface area contributed by atoms with E-state index in [-0.39, 0.29) is 11.9 Å². The van der Waals surface area contributed by atoms with Gasteiger partial charge in [0.1, 0.15) is 0 Å². The van der Waals surface area contributed by atoms with Crippen LogP contribution in [0.3, 0.4) is 0 Å². The van der Waals surface area contributed by atoms with E-state index in [4.69, 9.17) is 0 Å². The van der Waals surface area contributed by atoms with Crippen LogP contribution < -0.4 is 0 Å². The lowest BCUT2D eigenvalue weighted by atomic mass is 10.1. The second-order valence-electron chi connectivity index (χ2n) is 6.98. The van der Waals surface area contributed by atoms with Crippen LogP contribution in [-0.4, -0.2) is 21.8 Å². The van der Waals surface area contributed by atoms with E-state index in [9.17, 15) is 4.79 Å². The third kappa shape index (κ3) is 4.34. The van der Waals surface area contributed by atoms with Crippen LogP contribution in [0.2, 0.25) is 0 Å². The number of benzene rings is 2. The molecule has 0 saturated heterocycles. The van der Waals surface area contributed by atoms with Crippen LogP contribution in [0.4, 0.5) is 0 Å². The zero-order valence-electron chi connectivity index (χ0n) is 15.7. The van der Waals surface area contributed by atoms with Crippen molar-refractivity contribution in [3.05, 3.63) is 71.9 Å². The van der Waals surface area contributed by atoms with E-state index in [1.807, 2.05) is 29.2 Å². The summed E-state index contributed by atoms with van der Waals surface area (Å²) >= 11 is 0. The molecule has 136 valence electrons. The summed E-state index contributed by atoms with van der Waals surface area (Å²) in [6.07, 6.45) is 5.45. The summed E-state index contributed by atoms with van der Waals surface area (Å²) in [5.74, 6) is 0.253. The molecule has 3 rings (SSSR count). The molecule has 1 atom stereocenters. The van der Waals surface area contributed by atoms with Crippen molar-refractivity contribution in [2.45, 2.75) is 52.1 Å². The van der Waals surface area contributed by atoms with Crippen LogP contribution in [0.15, 0.2) is 60.8 Å². The van der Waals surface area contributed by atoms with Gasteiger partial charge in [-0.1, -0.05) is 55.5 Å². The zero-order valence-corrected chi connectivity index (χ0v) is 15.7. The van der Waals surface area contributed by atoms with Gasteiger partial charge in [-0.05, 0) is 43.4 Å². The average Bonchev–Trinajstić information content (AvgIpc) is 3.09. The molecule has 2 aromatic carbocycles. The van der Waals surface area contributed by atoms with Gasteiger partial charge in [-0.3, -0.25) is 4.79 Å². The number of aryl methyl sites for hydroxylation is 1. The maximum Gasteiger partial charge on any atom is 0.223 e. The van der Waals surface area contributed by atoms with Crippen LogP contribution in [0, 0.1) is 0 Å². The zero-order chi connectivity index (χ0) is 18.4. The number of carbonyl (C=O) groups excluding carboxylic acids is 1. The lowest BCUT2D eigenvalue weighted by Gasteiger charge is -2.29. The predicted molar refractivity (Wildman–Crippen MR) is 108 cm³/mol. The molecule has 3 aromatic rings. The number of fused-ring (bicyclic) bond motifs is 1. The summed E-state index contributed by atoms with van der Waals surface area (Å²) < 4.78 is 0. The molecule has 1 unspecified atom stereocenters. The van der Waals surface area contributed by atoms with E-state index in [0.717, 1.165) is 19.3 Å². The molecular weight excluding hydrogens is 320 g/mol. The number of nitrogens with zero attached hydrogens (tertiary/aromatic N) is 1. The van der Waals surface area contributed by atoms with Gasteiger partial charge < -0.3 is 9.88 Å². The number of aromatic nitrogens is 1. The van der Waals surface area contributed by atoms with Crippen LogP contribution in [0.5, 0.6) is 0 Å². The minimum Gasteiger partial charge on any atom is -0.361 e. The maximum absolute atomic E-state index is 12.9. The normalized spacial score (nSPS) is 12.2. The highest BCUT2D eigenvalue weighted by atomic mass is 16.2. The summed E-state index contributed by atoms with van der Waals surface area (Å²) in [6.45, 7) is 4.98. The Kier molecular flexibility index (Phi) is 6.11. The van der Waals surface area contributed by atoms with E-state index < -0.39 is 0 Å². The molecule has 0 radical (unpaired) electrons. The Labute approximate surface area is 156 Å². The molecular formula is C23H28N2O. The molecule has 1 amide bonds. The molecule has 3 nitrogen and oxygen atoms in total. The first-order chi connectivity index (χ1) is 12.7. The number of H-pyrrole nitrogens is 1. The Morgan fingerprint density at radius 1 is 1.08 bits per heavy atom. The summed E-state index contributed by atoms with van der Waals surface area (Å²) in [7, 11) is 0. The first kappa shape index (κ1) is 18.2. The topological polar surface area (TPSA) is 36.1 Å². The predicted octanol–water partition coefficient (Wildman–Crippen LogP) is 5.32. The van der Waals surface area contributed by atoms with Crippen molar-refractivity contribution in [3.63, 3.8) is 0 Å². The molecule has 3 heteroatoms. The van der Waals surface area contributed by atoms with E-state index >= 15 is 0 Å². The Balaban J connectivity index is 1.60. The van der Waals surface area contributed by atoms with Gasteiger partial charge in [0.15, 0.2) is 0 Å². The minimum atomic E-state index is 0.253. The first-order valence-corrected chi connectivity index (χ1v) is 9.57. The Hall–Kier alpha value is -2.55. The quantitative estimate of drug-likeness (QED) is 0.588. The lowest BCUT2D eigenvalue weighted by Crippen LogP contribution is -2.37. The number of carbonyl (C=O) groups is 1. The van der Waals surface area contributed by atoms with Crippen molar-refractivity contribution in [1.29, 1.82) is 0 Å². The highest BCUT2D eigenvalue weighted by molar-refractivity contribution is 5.83. The fraction of sp³-hybridized carbons (Fsp3) is 0.348. The van der Waals surface area contributed by atoms with E-state index in [2.05, 4.69) is 55.4 Å². The summed E-state index contributed by atoms with van der Waals surface area (Å²) in [5.41, 5.74) is 3.66. The second-order valence-corrected chi connectivity index (χ2v) is 6.98. The fourth-order valence-corrected chi connectivity index (χ4v) is 3.40. The Morgan fingerprint density at radius 2 is 1.81 bits per heavy atom. The minimum absolute atomic E-state index is 0.253. The summed E-state index contributed by atoms with van der Waals surface area (Å²) in [6, 6.07) is 18.9. The second kappa shape index (κ2) is 8.70. The van der Waals surface area contributed by atoms with Crippen molar-refractivity contribution >= 4 is 16.8 Å². The van der Waals surface area contributed by atoms with Crippen LogP contribution in [0.1, 0.15) is 44.2 Å². The first-order valence-electron chi connectivity index (χ1n) is 9.57. The monoisotopic (exact) mass is 348 g/mol. The Bertz CT molecular complexity index is 838. The summed E-state index contributed by atoms with van der Waals surface area (Å²) in [5, 5.41) is 1.27. The van der Waals surface area contributed by atoms with Gasteiger partial charge in [0.05, 0.1) is 0 Å². The number of hydrogen-bond donors (Lipinski definition) is 1. The molecule has 0 fully saturated rings. The number of para-hydroxylation sites is 1.